The summed E-state index contributed by atoms with van der Waals surface area (Å²) in [6.07, 6.45) is 0. The Bertz CT molecular complexity index is 103. The number of halogens is 1. The maximum atomic E-state index is 10.7. The van der Waals surface area contributed by atoms with Gasteiger partial charge in [-0.15, -0.1) is 0 Å². The minimum absolute atomic E-state index is 0.0833. The molecule has 0 heterocycles. The SMILES string of the molecule is CC(=O)C(NCl)C(C)C. The van der Waals surface area contributed by atoms with E-state index in [9.17, 15) is 4.79 Å². The fourth-order valence-corrected chi connectivity index (χ4v) is 1.08. The molecule has 9 heavy (non-hydrogen) atoms. The zero-order chi connectivity index (χ0) is 7.44. The van der Waals surface area contributed by atoms with Crippen LogP contribution >= 0.6 is 11.8 Å². The molecule has 3 heteroatoms. The first-order chi connectivity index (χ1) is 4.09. The molecule has 54 valence electrons. The Morgan fingerprint density at radius 2 is 2.00 bits per heavy atom. The number of carbonyl (C=O) groups is 1. The van der Waals surface area contributed by atoms with Crippen LogP contribution in [-0.2, 0) is 4.79 Å². The number of nitrogens with one attached hydrogen (secondary N) is 1. The van der Waals surface area contributed by atoms with Gasteiger partial charge < -0.3 is 0 Å². The van der Waals surface area contributed by atoms with Crippen molar-refractivity contribution in [3.05, 3.63) is 0 Å². The molecule has 0 amide bonds. The minimum atomic E-state index is -0.202. The lowest BCUT2D eigenvalue weighted by molar-refractivity contribution is -0.119. The highest BCUT2D eigenvalue weighted by atomic mass is 35.5. The van der Waals surface area contributed by atoms with E-state index in [1.807, 2.05) is 13.8 Å². The van der Waals surface area contributed by atoms with Crippen LogP contribution in [0.1, 0.15) is 20.8 Å². The first kappa shape index (κ1) is 8.92. The highest BCUT2D eigenvalue weighted by Gasteiger charge is 2.15. The zero-order valence-electron chi connectivity index (χ0n) is 5.94. The van der Waals surface area contributed by atoms with Gasteiger partial charge in [0.25, 0.3) is 0 Å². The molecule has 0 bridgehead atoms. The molecule has 0 aromatic rings. The van der Waals surface area contributed by atoms with Crippen LogP contribution in [0.3, 0.4) is 0 Å². The Kier molecular flexibility index (Phi) is 3.82. The van der Waals surface area contributed by atoms with E-state index in [1.54, 1.807) is 0 Å². The first-order valence-electron chi connectivity index (χ1n) is 2.96. The Morgan fingerprint density at radius 1 is 1.56 bits per heavy atom. The summed E-state index contributed by atoms with van der Waals surface area (Å²) in [7, 11) is 0. The van der Waals surface area contributed by atoms with Gasteiger partial charge in [-0.2, -0.15) is 0 Å². The molecule has 0 aromatic carbocycles. The summed E-state index contributed by atoms with van der Waals surface area (Å²) in [4.78, 5) is 13.1. The molecule has 0 aliphatic carbocycles. The molecule has 0 aliphatic rings. The summed E-state index contributed by atoms with van der Waals surface area (Å²) in [5, 5.41) is 0. The van der Waals surface area contributed by atoms with E-state index in [1.165, 1.54) is 6.92 Å². The molecular formula is C6H12ClNO. The van der Waals surface area contributed by atoms with Gasteiger partial charge in [0.05, 0.1) is 6.04 Å². The summed E-state index contributed by atoms with van der Waals surface area (Å²) in [6.45, 7) is 5.42. The van der Waals surface area contributed by atoms with Gasteiger partial charge in [0.2, 0.25) is 0 Å². The molecule has 0 fully saturated rings. The summed E-state index contributed by atoms with van der Waals surface area (Å²) in [6, 6.07) is -0.202. The van der Waals surface area contributed by atoms with Crippen molar-refractivity contribution in [2.45, 2.75) is 26.8 Å². The second kappa shape index (κ2) is 3.85. The van der Waals surface area contributed by atoms with Gasteiger partial charge in [0.15, 0.2) is 0 Å². The van der Waals surface area contributed by atoms with E-state index < -0.39 is 0 Å². The van der Waals surface area contributed by atoms with Gasteiger partial charge in [-0.05, 0) is 24.6 Å². The second-order valence-electron chi connectivity index (χ2n) is 2.44. The van der Waals surface area contributed by atoms with Crippen molar-refractivity contribution in [2.75, 3.05) is 0 Å². The van der Waals surface area contributed by atoms with E-state index in [0.29, 0.717) is 0 Å². The van der Waals surface area contributed by atoms with Gasteiger partial charge in [0.1, 0.15) is 5.78 Å². The molecule has 0 spiro atoms. The van der Waals surface area contributed by atoms with Crippen molar-refractivity contribution >= 4 is 17.6 Å². The van der Waals surface area contributed by atoms with E-state index >= 15 is 0 Å². The Hall–Kier alpha value is -0.0800. The number of carbonyl (C=O) groups excluding carboxylic acids is 1. The normalized spacial score (nSPS) is 13.9. The standard InChI is InChI=1S/C6H12ClNO/c1-4(2)6(8-7)5(3)9/h4,6,8H,1-3H3. The summed E-state index contributed by atoms with van der Waals surface area (Å²) in [5.74, 6) is 0.347. The van der Waals surface area contributed by atoms with E-state index in [4.69, 9.17) is 11.8 Å². The van der Waals surface area contributed by atoms with Crippen LogP contribution in [0.5, 0.6) is 0 Å². The lowest BCUT2D eigenvalue weighted by Gasteiger charge is -2.13. The third kappa shape index (κ3) is 2.82. The molecule has 0 radical (unpaired) electrons. The number of hydrogen-bond donors (Lipinski definition) is 1. The van der Waals surface area contributed by atoms with Gasteiger partial charge in [0, 0.05) is 0 Å². The van der Waals surface area contributed by atoms with Crippen molar-refractivity contribution in [3.63, 3.8) is 0 Å². The van der Waals surface area contributed by atoms with Gasteiger partial charge in [-0.3, -0.25) is 4.79 Å². The summed E-state index contributed by atoms with van der Waals surface area (Å²) < 4.78 is 0. The minimum Gasteiger partial charge on any atom is -0.298 e. The number of rotatable bonds is 3. The maximum absolute atomic E-state index is 10.7. The predicted octanol–water partition coefficient (Wildman–Crippen LogP) is 1.34. The molecule has 0 rings (SSSR count). The zero-order valence-corrected chi connectivity index (χ0v) is 6.70. The van der Waals surface area contributed by atoms with Crippen LogP contribution in [0.2, 0.25) is 0 Å². The lowest BCUT2D eigenvalue weighted by Crippen LogP contribution is -2.33. The van der Waals surface area contributed by atoms with E-state index in [-0.39, 0.29) is 17.7 Å². The average Bonchev–Trinajstić information content (AvgIpc) is 1.64. The molecule has 0 aromatic heterocycles. The highest BCUT2D eigenvalue weighted by Crippen LogP contribution is 2.02. The number of hydrogen-bond acceptors (Lipinski definition) is 2. The third-order valence-electron chi connectivity index (χ3n) is 1.22. The molecular weight excluding hydrogens is 138 g/mol. The molecule has 0 saturated carbocycles. The van der Waals surface area contributed by atoms with E-state index in [2.05, 4.69) is 4.84 Å². The Labute approximate surface area is 60.7 Å². The third-order valence-corrected chi connectivity index (χ3v) is 1.46. The van der Waals surface area contributed by atoms with Crippen molar-refractivity contribution in [1.82, 2.24) is 4.84 Å². The van der Waals surface area contributed by atoms with Crippen LogP contribution in [0.4, 0.5) is 0 Å². The van der Waals surface area contributed by atoms with Crippen molar-refractivity contribution < 1.29 is 4.79 Å². The van der Waals surface area contributed by atoms with Crippen LogP contribution in [0, 0.1) is 5.92 Å². The molecule has 2 nitrogen and oxygen atoms in total. The lowest BCUT2D eigenvalue weighted by atomic mass is 10.0. The molecule has 1 unspecified atom stereocenters. The molecule has 0 saturated heterocycles. The topological polar surface area (TPSA) is 29.1 Å². The monoisotopic (exact) mass is 149 g/mol. The first-order valence-corrected chi connectivity index (χ1v) is 3.34. The predicted molar refractivity (Wildman–Crippen MR) is 38.3 cm³/mol. The fourth-order valence-electron chi connectivity index (χ4n) is 0.672. The van der Waals surface area contributed by atoms with Crippen molar-refractivity contribution in [3.8, 4) is 0 Å². The molecule has 0 aliphatic heterocycles. The van der Waals surface area contributed by atoms with E-state index in [0.717, 1.165) is 0 Å². The van der Waals surface area contributed by atoms with Gasteiger partial charge in [-0.25, -0.2) is 4.84 Å². The fraction of sp³-hybridized carbons (Fsp3) is 0.833. The van der Waals surface area contributed by atoms with Crippen LogP contribution in [0.25, 0.3) is 0 Å². The summed E-state index contributed by atoms with van der Waals surface area (Å²) >= 11 is 5.29. The van der Waals surface area contributed by atoms with Crippen molar-refractivity contribution in [1.29, 1.82) is 0 Å². The average molecular weight is 150 g/mol. The highest BCUT2D eigenvalue weighted by molar-refractivity contribution is 6.15. The Morgan fingerprint density at radius 3 is 2.00 bits per heavy atom. The van der Waals surface area contributed by atoms with Crippen molar-refractivity contribution in [2.24, 2.45) is 5.92 Å². The summed E-state index contributed by atoms with van der Waals surface area (Å²) in [5.41, 5.74) is 0. The number of ketones is 1. The smallest absolute Gasteiger partial charge is 0.148 e. The quantitative estimate of drug-likeness (QED) is 0.614. The Balaban J connectivity index is 3.83. The van der Waals surface area contributed by atoms with Crippen LogP contribution in [0.15, 0.2) is 0 Å². The largest absolute Gasteiger partial charge is 0.298 e. The van der Waals surface area contributed by atoms with Gasteiger partial charge in [-0.1, -0.05) is 13.8 Å². The molecule has 1 N–H and O–H groups in total. The van der Waals surface area contributed by atoms with Crippen LogP contribution < -0.4 is 4.84 Å². The van der Waals surface area contributed by atoms with Gasteiger partial charge >= 0.3 is 0 Å². The molecule has 1 atom stereocenters. The maximum Gasteiger partial charge on any atom is 0.148 e. The second-order valence-corrected chi connectivity index (χ2v) is 2.66. The number of Topliss-reactive ketones (excluding diaryl/α,β-unsaturated/α-hetero) is 1. The van der Waals surface area contributed by atoms with Crippen LogP contribution in [-0.4, -0.2) is 11.8 Å².